The summed E-state index contributed by atoms with van der Waals surface area (Å²) in [5.41, 5.74) is 1.48. The Balaban J connectivity index is 2.05. The Labute approximate surface area is 127 Å². The van der Waals surface area contributed by atoms with E-state index in [0.29, 0.717) is 0 Å². The predicted molar refractivity (Wildman–Crippen MR) is 84.3 cm³/mol. The van der Waals surface area contributed by atoms with Crippen molar-refractivity contribution >= 4 is 33.3 Å². The number of fused-ring (bicyclic) bond motifs is 3. The molecule has 0 amide bonds. The summed E-state index contributed by atoms with van der Waals surface area (Å²) in [7, 11) is 0. The van der Waals surface area contributed by atoms with Crippen LogP contribution in [-0.4, -0.2) is 15.7 Å². The molecule has 3 nitrogen and oxygen atoms in total. The second kappa shape index (κ2) is 5.71. The Morgan fingerprint density at radius 3 is 2.95 bits per heavy atom. The first-order chi connectivity index (χ1) is 9.69. The van der Waals surface area contributed by atoms with Crippen LogP contribution in [0, 0.1) is 24.2 Å². The van der Waals surface area contributed by atoms with Gasteiger partial charge in [0, 0.05) is 16.0 Å². The number of nitrogens with zero attached hydrogens (tertiary/aromatic N) is 3. The van der Waals surface area contributed by atoms with Crippen molar-refractivity contribution in [1.29, 1.82) is 5.26 Å². The average Bonchev–Trinajstić information content (AvgIpc) is 2.82. The molecule has 20 heavy (non-hydrogen) atoms. The number of aromatic nitrogens is 2. The fraction of sp³-hybridized carbons (Fsp3) is 0.533. The van der Waals surface area contributed by atoms with Crippen LogP contribution in [0.5, 0.6) is 0 Å². The van der Waals surface area contributed by atoms with Gasteiger partial charge in [-0.15, -0.1) is 23.1 Å². The van der Waals surface area contributed by atoms with Crippen molar-refractivity contribution in [3.8, 4) is 6.07 Å². The van der Waals surface area contributed by atoms with Gasteiger partial charge in [0.1, 0.15) is 15.7 Å². The number of aryl methyl sites for hydroxylation is 3. The monoisotopic (exact) mass is 303 g/mol. The Morgan fingerprint density at radius 2 is 2.15 bits per heavy atom. The molecule has 0 aromatic carbocycles. The highest BCUT2D eigenvalue weighted by molar-refractivity contribution is 7.99. The van der Waals surface area contributed by atoms with Crippen molar-refractivity contribution in [3.63, 3.8) is 0 Å². The third-order valence-corrected chi connectivity index (χ3v) is 6.00. The first-order valence-corrected chi connectivity index (χ1v) is 8.80. The number of rotatable bonds is 3. The molecule has 3 rings (SSSR count). The minimum atomic E-state index is 0.0554. The van der Waals surface area contributed by atoms with Gasteiger partial charge in [0.25, 0.3) is 0 Å². The van der Waals surface area contributed by atoms with Crippen LogP contribution in [0.3, 0.4) is 0 Å². The van der Waals surface area contributed by atoms with E-state index >= 15 is 0 Å². The van der Waals surface area contributed by atoms with Gasteiger partial charge < -0.3 is 0 Å². The molecule has 0 unspecified atom stereocenters. The van der Waals surface area contributed by atoms with Gasteiger partial charge >= 0.3 is 0 Å². The largest absolute Gasteiger partial charge is 0.226 e. The molecule has 2 aromatic rings. The number of nitriles is 1. The van der Waals surface area contributed by atoms with Crippen molar-refractivity contribution in [2.45, 2.75) is 44.6 Å². The first-order valence-electron chi connectivity index (χ1n) is 7.00. The van der Waals surface area contributed by atoms with Crippen LogP contribution in [0.1, 0.15) is 36.0 Å². The molecule has 2 aromatic heterocycles. The van der Waals surface area contributed by atoms with Gasteiger partial charge in [0.05, 0.1) is 12.0 Å². The molecule has 2 heterocycles. The third-order valence-electron chi connectivity index (χ3n) is 3.58. The standard InChI is InChI=1S/C15H17N3S2/c1-9(7-16)8-19-14-13-11-5-3-4-6-12(11)20-15(13)18-10(2)17-14/h9H,3-6,8H2,1-2H3/t9-/m0/s1. The molecule has 5 heteroatoms. The normalized spacial score (nSPS) is 15.8. The lowest BCUT2D eigenvalue weighted by atomic mass is 9.97. The van der Waals surface area contributed by atoms with Crippen LogP contribution >= 0.6 is 23.1 Å². The van der Waals surface area contributed by atoms with Crippen molar-refractivity contribution in [1.82, 2.24) is 9.97 Å². The van der Waals surface area contributed by atoms with E-state index < -0.39 is 0 Å². The molecular weight excluding hydrogens is 286 g/mol. The molecule has 1 aliphatic carbocycles. The third kappa shape index (κ3) is 2.55. The van der Waals surface area contributed by atoms with E-state index in [1.807, 2.05) is 25.2 Å². The van der Waals surface area contributed by atoms with Gasteiger partial charge in [-0.2, -0.15) is 5.26 Å². The molecule has 0 radical (unpaired) electrons. The van der Waals surface area contributed by atoms with E-state index in [1.54, 1.807) is 11.8 Å². The first kappa shape index (κ1) is 13.8. The smallest absolute Gasteiger partial charge is 0.128 e. The van der Waals surface area contributed by atoms with Crippen molar-refractivity contribution in [2.75, 3.05) is 5.75 Å². The molecule has 1 aliphatic rings. The Hall–Kier alpha value is -1.12. The van der Waals surface area contributed by atoms with Gasteiger partial charge in [-0.1, -0.05) is 0 Å². The Morgan fingerprint density at radius 1 is 1.35 bits per heavy atom. The molecule has 0 spiro atoms. The molecule has 0 fully saturated rings. The highest BCUT2D eigenvalue weighted by atomic mass is 32.2. The quantitative estimate of drug-likeness (QED) is 0.632. The van der Waals surface area contributed by atoms with Crippen LogP contribution in [-0.2, 0) is 12.8 Å². The molecule has 0 N–H and O–H groups in total. The van der Waals surface area contributed by atoms with Crippen molar-refractivity contribution in [2.24, 2.45) is 5.92 Å². The molecule has 0 saturated heterocycles. The summed E-state index contributed by atoms with van der Waals surface area (Å²) in [5, 5.41) is 11.3. The SMILES string of the molecule is Cc1nc(SC[C@@H](C)C#N)c2c3c(sc2n1)CCCC3. The summed E-state index contributed by atoms with van der Waals surface area (Å²) in [6, 6.07) is 2.29. The molecule has 0 aliphatic heterocycles. The topological polar surface area (TPSA) is 49.6 Å². The van der Waals surface area contributed by atoms with Crippen LogP contribution in [0.4, 0.5) is 0 Å². The molecular formula is C15H17N3S2. The van der Waals surface area contributed by atoms with Crippen LogP contribution in [0.25, 0.3) is 10.2 Å². The van der Waals surface area contributed by atoms with Crippen LogP contribution in [0.2, 0.25) is 0 Å². The zero-order chi connectivity index (χ0) is 14.1. The van der Waals surface area contributed by atoms with E-state index in [2.05, 4.69) is 16.0 Å². The maximum atomic E-state index is 8.94. The minimum Gasteiger partial charge on any atom is -0.226 e. The van der Waals surface area contributed by atoms with E-state index in [0.717, 1.165) is 27.9 Å². The van der Waals surface area contributed by atoms with Gasteiger partial charge in [-0.05, 0) is 45.1 Å². The Bertz CT molecular complexity index is 684. The van der Waals surface area contributed by atoms with E-state index in [1.165, 1.54) is 35.1 Å². The number of thioether (sulfide) groups is 1. The fourth-order valence-corrected chi connectivity index (χ4v) is 4.99. The lowest BCUT2D eigenvalue weighted by Crippen LogP contribution is -2.00. The van der Waals surface area contributed by atoms with Gasteiger partial charge in [-0.25, -0.2) is 9.97 Å². The highest BCUT2D eigenvalue weighted by Crippen LogP contribution is 2.39. The van der Waals surface area contributed by atoms with E-state index in [-0.39, 0.29) is 5.92 Å². The average molecular weight is 303 g/mol. The molecule has 0 bridgehead atoms. The van der Waals surface area contributed by atoms with Gasteiger partial charge in [-0.3, -0.25) is 0 Å². The van der Waals surface area contributed by atoms with Crippen molar-refractivity contribution in [3.05, 3.63) is 16.3 Å². The summed E-state index contributed by atoms with van der Waals surface area (Å²) in [4.78, 5) is 11.9. The van der Waals surface area contributed by atoms with Crippen LogP contribution in [0.15, 0.2) is 5.03 Å². The second-order valence-corrected chi connectivity index (χ2v) is 7.40. The van der Waals surface area contributed by atoms with Crippen molar-refractivity contribution < 1.29 is 0 Å². The van der Waals surface area contributed by atoms with Gasteiger partial charge in [0.2, 0.25) is 0 Å². The summed E-state index contributed by atoms with van der Waals surface area (Å²) >= 11 is 3.55. The molecule has 104 valence electrons. The maximum absolute atomic E-state index is 8.94. The lowest BCUT2D eigenvalue weighted by molar-refractivity contribution is 0.699. The molecule has 0 saturated carbocycles. The number of thiophene rings is 1. The summed E-state index contributed by atoms with van der Waals surface area (Å²) in [6.45, 7) is 3.91. The maximum Gasteiger partial charge on any atom is 0.128 e. The fourth-order valence-electron chi connectivity index (χ4n) is 2.57. The summed E-state index contributed by atoms with van der Waals surface area (Å²) in [5.74, 6) is 1.69. The number of hydrogen-bond acceptors (Lipinski definition) is 5. The van der Waals surface area contributed by atoms with Gasteiger partial charge in [0.15, 0.2) is 0 Å². The van der Waals surface area contributed by atoms with Crippen LogP contribution < -0.4 is 0 Å². The van der Waals surface area contributed by atoms with E-state index in [9.17, 15) is 0 Å². The minimum absolute atomic E-state index is 0.0554. The van der Waals surface area contributed by atoms with E-state index in [4.69, 9.17) is 5.26 Å². The highest BCUT2D eigenvalue weighted by Gasteiger charge is 2.21. The predicted octanol–water partition coefficient (Wildman–Crippen LogP) is 4.13. The Kier molecular flexibility index (Phi) is 3.95. The zero-order valence-electron chi connectivity index (χ0n) is 11.8. The number of hydrogen-bond donors (Lipinski definition) is 0. The lowest BCUT2D eigenvalue weighted by Gasteiger charge is -2.12. The summed E-state index contributed by atoms with van der Waals surface area (Å²) in [6.07, 6.45) is 4.91. The zero-order valence-corrected chi connectivity index (χ0v) is 13.4. The second-order valence-electron chi connectivity index (χ2n) is 5.31. The summed E-state index contributed by atoms with van der Waals surface area (Å²) < 4.78 is 0. The molecule has 1 atom stereocenters.